The molecule has 16 heteroatoms. The van der Waals surface area contributed by atoms with E-state index in [1.165, 1.54) is 24.4 Å². The smallest absolute Gasteiger partial charge is 0.871 e. The zero-order chi connectivity index (χ0) is 21.4. The van der Waals surface area contributed by atoms with Crippen LogP contribution in [0.2, 0.25) is 0 Å². The molecule has 0 bridgehead atoms. The molecule has 0 radical (unpaired) electrons. The minimum Gasteiger partial charge on any atom is -0.871 e. The van der Waals surface area contributed by atoms with Gasteiger partial charge in [-0.25, -0.2) is 13.4 Å². The number of hydrogen-bond donors (Lipinski definition) is 0. The second-order valence-corrected chi connectivity index (χ2v) is 7.61. The van der Waals surface area contributed by atoms with Crippen LogP contribution in [0.25, 0.3) is 0 Å². The van der Waals surface area contributed by atoms with E-state index in [0.717, 1.165) is 12.5 Å². The largest absolute Gasteiger partial charge is 1.00 e. The fraction of sp³-hybridized carbons (Fsp3) is 0.353. The molecule has 13 nitrogen and oxygen atoms in total. The van der Waals surface area contributed by atoms with Crippen molar-refractivity contribution in [2.24, 2.45) is 10.2 Å². The first kappa shape index (κ1) is 36.4. The fourth-order valence-electron chi connectivity index (χ4n) is 2.54. The van der Waals surface area contributed by atoms with E-state index in [0.29, 0.717) is 18.8 Å². The van der Waals surface area contributed by atoms with Crippen LogP contribution in [0.4, 0.5) is 22.9 Å². The number of aromatic nitrogens is 1. The van der Waals surface area contributed by atoms with Crippen molar-refractivity contribution in [2.75, 3.05) is 23.7 Å². The first-order valence-electron chi connectivity index (χ1n) is 8.71. The summed E-state index contributed by atoms with van der Waals surface area (Å²) in [6.07, 6.45) is 2.14. The first-order chi connectivity index (χ1) is 13.7. The van der Waals surface area contributed by atoms with E-state index in [-0.39, 0.29) is 93.7 Å². The van der Waals surface area contributed by atoms with Gasteiger partial charge in [0.05, 0.1) is 26.8 Å². The Morgan fingerprint density at radius 3 is 2.30 bits per heavy atom. The normalized spacial score (nSPS) is 10.2. The number of nitro groups is 1. The molecule has 4 N–H and O–H groups in total. The molecule has 1 aromatic heterocycles. The third-order valence-electron chi connectivity index (χ3n) is 3.82. The summed E-state index contributed by atoms with van der Waals surface area (Å²) in [5.74, 6) is -0.900. The average molecular weight is 503 g/mol. The number of pyridine rings is 1. The van der Waals surface area contributed by atoms with Crippen LogP contribution in [0.1, 0.15) is 19.8 Å². The van der Waals surface area contributed by atoms with Gasteiger partial charge in [-0.2, -0.15) is 0 Å². The molecule has 0 spiro atoms. The van der Waals surface area contributed by atoms with Crippen molar-refractivity contribution >= 4 is 33.0 Å². The number of anilines is 1. The van der Waals surface area contributed by atoms with Gasteiger partial charge < -0.3 is 25.5 Å². The van der Waals surface area contributed by atoms with E-state index >= 15 is 0 Å². The summed E-state index contributed by atoms with van der Waals surface area (Å²) in [5, 5.41) is 30.7. The quantitative estimate of drug-likeness (QED) is 0.0999. The summed E-state index contributed by atoms with van der Waals surface area (Å²) in [6, 6.07) is 6.78. The molecule has 0 unspecified atom stereocenters. The predicted molar refractivity (Wildman–Crippen MR) is 110 cm³/mol. The number of nitrogens with zero attached hydrogens (tertiary/aromatic N) is 5. The van der Waals surface area contributed by atoms with Crippen LogP contribution in [0.5, 0.6) is 5.75 Å². The van der Waals surface area contributed by atoms with Gasteiger partial charge in [0.25, 0.3) is 5.69 Å². The molecule has 0 aliphatic carbocycles. The molecule has 0 aliphatic heterocycles. The molecule has 1 heterocycles. The van der Waals surface area contributed by atoms with Crippen molar-refractivity contribution in [1.29, 1.82) is 0 Å². The summed E-state index contributed by atoms with van der Waals surface area (Å²) >= 11 is 0. The minimum atomic E-state index is -4.29. The van der Waals surface area contributed by atoms with Crippen molar-refractivity contribution in [2.45, 2.75) is 19.8 Å². The minimum absolute atomic E-state index is 0. The molecule has 0 amide bonds. The fourth-order valence-corrected chi connectivity index (χ4v) is 3.02. The maximum Gasteiger partial charge on any atom is 1.00 e. The van der Waals surface area contributed by atoms with Crippen LogP contribution in [-0.2, 0) is 10.1 Å². The van der Waals surface area contributed by atoms with Crippen molar-refractivity contribution in [3.8, 4) is 5.75 Å². The summed E-state index contributed by atoms with van der Waals surface area (Å²) in [5.41, 5.74) is 0.412. The summed E-state index contributed by atoms with van der Waals surface area (Å²) in [7, 11) is -4.29. The molecule has 1 aromatic carbocycles. The maximum absolute atomic E-state index is 12.3. The Morgan fingerprint density at radius 1 is 1.09 bits per heavy atom. The Morgan fingerprint density at radius 2 is 1.76 bits per heavy atom. The van der Waals surface area contributed by atoms with Gasteiger partial charge in [-0.05, 0) is 31.0 Å². The molecular weight excluding hydrogens is 480 g/mol. The Labute approximate surface area is 235 Å². The van der Waals surface area contributed by atoms with Gasteiger partial charge in [0.2, 0.25) is 0 Å². The van der Waals surface area contributed by atoms with Crippen molar-refractivity contribution in [3.63, 3.8) is 0 Å². The van der Waals surface area contributed by atoms with E-state index in [1.807, 2.05) is 11.8 Å². The first-order valence-corrected chi connectivity index (χ1v) is 10.3. The summed E-state index contributed by atoms with van der Waals surface area (Å²) in [4.78, 5) is 15.8. The van der Waals surface area contributed by atoms with E-state index < -0.39 is 26.5 Å². The zero-order valence-electron chi connectivity index (χ0n) is 18.6. The summed E-state index contributed by atoms with van der Waals surface area (Å²) < 4.78 is 32.3. The number of benzene rings is 1. The molecule has 0 saturated carbocycles. The van der Waals surface area contributed by atoms with E-state index in [4.69, 9.17) is 0 Å². The van der Waals surface area contributed by atoms with Crippen molar-refractivity contribution in [1.82, 2.24) is 4.98 Å². The van der Waals surface area contributed by atoms with E-state index in [9.17, 15) is 28.2 Å². The molecule has 172 valence electrons. The van der Waals surface area contributed by atoms with Gasteiger partial charge >= 0.3 is 59.1 Å². The standard InChI is InChI=1S/C17H21N5O6S.2Na.2H2O/c1-2-8-21(9-3-10-29(26,27)28)13-4-5-15(16(23)11-13)19-20-17-12-14(22(24)25)6-7-18-17;;;;/h4-7,11-12,23H,2-3,8-10H2,1H3,(H,26,27,28);;;2*1H2/q;2*+1;;/p-2. The summed E-state index contributed by atoms with van der Waals surface area (Å²) in [6.45, 7) is 2.83. The van der Waals surface area contributed by atoms with Crippen LogP contribution in [0.3, 0.4) is 0 Å². The number of rotatable bonds is 10. The van der Waals surface area contributed by atoms with Crippen molar-refractivity contribution in [3.05, 3.63) is 46.6 Å². The molecule has 33 heavy (non-hydrogen) atoms. The van der Waals surface area contributed by atoms with Gasteiger partial charge in [-0.15, -0.1) is 10.2 Å². The molecule has 2 aromatic rings. The van der Waals surface area contributed by atoms with Gasteiger partial charge in [-0.1, -0.05) is 12.7 Å². The number of azo groups is 1. The van der Waals surface area contributed by atoms with Gasteiger partial charge in [0.15, 0.2) is 5.82 Å². The number of hydrogen-bond acceptors (Lipinski definition) is 10. The molecule has 0 saturated heterocycles. The van der Waals surface area contributed by atoms with Crippen LogP contribution in [0.15, 0.2) is 46.8 Å². The second-order valence-electron chi connectivity index (χ2n) is 6.08. The monoisotopic (exact) mass is 503 g/mol. The molecule has 0 fully saturated rings. The predicted octanol–water partition coefficient (Wildman–Crippen LogP) is -5.01. The third kappa shape index (κ3) is 12.7. The molecular formula is C17H23N5Na2O8S. The third-order valence-corrected chi connectivity index (χ3v) is 4.61. The average Bonchev–Trinajstić information content (AvgIpc) is 2.65. The Hall–Kier alpha value is -1.20. The van der Waals surface area contributed by atoms with E-state index in [1.54, 1.807) is 6.07 Å². The van der Waals surface area contributed by atoms with Crippen LogP contribution in [-0.4, -0.2) is 52.7 Å². The van der Waals surface area contributed by atoms with Crippen LogP contribution >= 0.6 is 0 Å². The molecule has 2 rings (SSSR count). The van der Waals surface area contributed by atoms with Gasteiger partial charge in [-0.3, -0.25) is 10.1 Å². The molecule has 0 aliphatic rings. The topological polar surface area (TPSA) is 227 Å². The molecule has 0 atom stereocenters. The Bertz CT molecular complexity index is 1010. The van der Waals surface area contributed by atoms with Gasteiger partial charge in [0.1, 0.15) is 0 Å². The van der Waals surface area contributed by atoms with Crippen LogP contribution in [0, 0.1) is 10.1 Å². The Balaban J connectivity index is -0.00000225. The Kier molecular flexibility index (Phi) is 19.0. The van der Waals surface area contributed by atoms with Gasteiger partial charge in [0, 0.05) is 36.8 Å². The maximum atomic E-state index is 12.3. The van der Waals surface area contributed by atoms with Crippen molar-refractivity contribution < 1.29 is 93.1 Å². The second kappa shape index (κ2) is 17.3. The van der Waals surface area contributed by atoms with Crippen LogP contribution < -0.4 is 69.1 Å². The SMILES string of the molecule is CCCN(CCCS(=O)(=O)[O-])c1ccc(N=Nc2cc([N+](=O)[O-])ccn2)c([O-])c1.O.O.[Na+].[Na+]. The van der Waals surface area contributed by atoms with E-state index in [2.05, 4.69) is 15.2 Å². The zero-order valence-corrected chi connectivity index (χ0v) is 23.4.